The lowest BCUT2D eigenvalue weighted by molar-refractivity contribution is -0.135. The van der Waals surface area contributed by atoms with Gasteiger partial charge in [-0.15, -0.1) is 0 Å². The van der Waals surface area contributed by atoms with E-state index in [4.69, 9.17) is 14.7 Å². The second-order valence-electron chi connectivity index (χ2n) is 19.9. The van der Waals surface area contributed by atoms with Crippen molar-refractivity contribution in [2.24, 2.45) is 29.1 Å². The van der Waals surface area contributed by atoms with Crippen LogP contribution in [0.5, 0.6) is 0 Å². The van der Waals surface area contributed by atoms with Gasteiger partial charge in [0.1, 0.15) is 17.7 Å². The molecule has 0 bridgehead atoms. The minimum Gasteiger partial charge on any atom is -0.378 e. The first-order valence-electron chi connectivity index (χ1n) is 23.6. The van der Waals surface area contributed by atoms with Gasteiger partial charge >= 0.3 is 6.03 Å². The Morgan fingerprint density at radius 2 is 1.48 bits per heavy atom. The van der Waals surface area contributed by atoms with Crippen LogP contribution >= 0.6 is 0 Å². The number of hydrogen-bond donors (Lipinski definition) is 3. The van der Waals surface area contributed by atoms with Crippen LogP contribution in [0.2, 0.25) is 0 Å². The van der Waals surface area contributed by atoms with Crippen LogP contribution in [-0.4, -0.2) is 116 Å². The largest absolute Gasteiger partial charge is 0.378 e. The quantitative estimate of drug-likeness (QED) is 0.228. The van der Waals surface area contributed by atoms with Gasteiger partial charge in [-0.2, -0.15) is 0 Å². The summed E-state index contributed by atoms with van der Waals surface area (Å²) in [5.74, 6) is 3.76. The molecule has 3 N–H and O–H groups in total. The molecule has 0 radical (unpaired) electrons. The Morgan fingerprint density at radius 1 is 0.800 bits per heavy atom. The van der Waals surface area contributed by atoms with Crippen molar-refractivity contribution in [3.05, 3.63) is 53.3 Å². The van der Waals surface area contributed by atoms with Crippen LogP contribution in [0.1, 0.15) is 152 Å². The Kier molecular flexibility index (Phi) is 11.9. The molecule has 5 unspecified atom stereocenters. The lowest BCUT2D eigenvalue weighted by Crippen LogP contribution is -2.55. The molecule has 4 aliphatic heterocycles. The number of nitrogens with zero attached hydrogens (tertiary/aromatic N) is 6. The number of nitrogens with one attached hydrogen (secondary N) is 3. The molecule has 2 aromatic rings. The molecule has 2 saturated carbocycles. The molecule has 326 valence electrons. The van der Waals surface area contributed by atoms with Gasteiger partial charge in [0.05, 0.1) is 37.2 Å². The summed E-state index contributed by atoms with van der Waals surface area (Å²) in [6.45, 7) is 13.9. The van der Waals surface area contributed by atoms with Crippen LogP contribution in [-0.2, 0) is 14.3 Å². The summed E-state index contributed by atoms with van der Waals surface area (Å²) >= 11 is 0. The highest BCUT2D eigenvalue weighted by atomic mass is 16.5. The van der Waals surface area contributed by atoms with Gasteiger partial charge in [0.15, 0.2) is 0 Å². The molecule has 7 aliphatic rings. The third kappa shape index (κ3) is 7.92. The maximum Gasteiger partial charge on any atom is 0.318 e. The fraction of sp³-hybridized carbons (Fsp3) is 0.723. The zero-order chi connectivity index (χ0) is 41.5. The van der Waals surface area contributed by atoms with E-state index >= 15 is 0 Å². The van der Waals surface area contributed by atoms with E-state index < -0.39 is 6.04 Å². The summed E-state index contributed by atoms with van der Waals surface area (Å²) < 4.78 is 5.43. The summed E-state index contributed by atoms with van der Waals surface area (Å²) in [6.07, 6.45) is 23.3. The van der Waals surface area contributed by atoms with Crippen molar-refractivity contribution >= 4 is 23.4 Å². The Morgan fingerprint density at radius 3 is 2.20 bits per heavy atom. The third-order valence-corrected chi connectivity index (χ3v) is 15.4. The molecular weight excluding hydrogens is 755 g/mol. The average Bonchev–Trinajstić information content (AvgIpc) is 4.12. The highest BCUT2D eigenvalue weighted by molar-refractivity contribution is 5.88. The van der Waals surface area contributed by atoms with E-state index in [1.807, 2.05) is 24.9 Å². The van der Waals surface area contributed by atoms with Gasteiger partial charge in [-0.1, -0.05) is 46.6 Å². The van der Waals surface area contributed by atoms with Gasteiger partial charge in [-0.05, 0) is 99.0 Å². The van der Waals surface area contributed by atoms with E-state index in [9.17, 15) is 14.4 Å². The van der Waals surface area contributed by atoms with Crippen LogP contribution in [0.15, 0.2) is 30.2 Å². The molecule has 13 heteroatoms. The minimum atomic E-state index is -0.589. The third-order valence-electron chi connectivity index (χ3n) is 15.4. The Labute approximate surface area is 356 Å². The van der Waals surface area contributed by atoms with Crippen molar-refractivity contribution in [2.45, 2.75) is 135 Å². The average molecular weight is 824 g/mol. The number of morpholine rings is 1. The number of piperidine rings is 1. The van der Waals surface area contributed by atoms with Crippen molar-refractivity contribution in [1.29, 1.82) is 0 Å². The number of carbonyl (C=O) groups is 3. The number of fused-ring (bicyclic) bond motifs is 2. The van der Waals surface area contributed by atoms with Gasteiger partial charge in [0, 0.05) is 75.1 Å². The molecule has 6 heterocycles. The smallest absolute Gasteiger partial charge is 0.318 e. The molecule has 5 atom stereocenters. The van der Waals surface area contributed by atoms with E-state index in [1.165, 1.54) is 49.8 Å². The number of H-pyrrole nitrogens is 2. The number of ether oxygens (including phenoxy) is 1. The second-order valence-corrected chi connectivity index (χ2v) is 19.9. The number of imidazole rings is 2. The van der Waals surface area contributed by atoms with E-state index in [0.29, 0.717) is 68.4 Å². The zero-order valence-corrected chi connectivity index (χ0v) is 36.6. The number of aromatic amines is 2. The second kappa shape index (κ2) is 17.3. The molecule has 9 rings (SSSR count). The number of amides is 4. The van der Waals surface area contributed by atoms with E-state index in [2.05, 4.69) is 57.3 Å². The highest BCUT2D eigenvalue weighted by Gasteiger charge is 2.54. The van der Waals surface area contributed by atoms with E-state index in [1.54, 1.807) is 10.6 Å². The van der Waals surface area contributed by atoms with Crippen LogP contribution in [0, 0.1) is 29.1 Å². The minimum absolute atomic E-state index is 0.0226. The number of likely N-dealkylation sites (tertiary alicyclic amines) is 3. The van der Waals surface area contributed by atoms with Crippen LogP contribution in [0.3, 0.4) is 0 Å². The maximum absolute atomic E-state index is 14.1. The molecule has 2 aromatic heterocycles. The van der Waals surface area contributed by atoms with Gasteiger partial charge < -0.3 is 39.6 Å². The number of aromatic nitrogens is 4. The van der Waals surface area contributed by atoms with E-state index in [-0.39, 0.29) is 35.8 Å². The summed E-state index contributed by atoms with van der Waals surface area (Å²) in [5, 5.41) is 3.06. The first kappa shape index (κ1) is 41.2. The van der Waals surface area contributed by atoms with Gasteiger partial charge in [-0.25, -0.2) is 14.8 Å². The molecule has 4 amide bonds. The Balaban J connectivity index is 0.873. The first-order chi connectivity index (χ1) is 29.1. The van der Waals surface area contributed by atoms with Crippen LogP contribution < -0.4 is 5.32 Å². The summed E-state index contributed by atoms with van der Waals surface area (Å²) in [4.78, 5) is 66.2. The molecule has 13 nitrogen and oxygen atoms in total. The standard InChI is InChI=1S/C47H69N9O4/c1-30(2)27-40(57)55-19-7-9-38(55)43-49-29-36(51-43)33-11-12-37(41-34(33)13-18-47(41)16-5-6-17-47)53-21-14-32(15-22-53)35-28-48-44(50-35)39-10-8-20-56(39)45(58)42(31(3)4)52-46(59)54-23-25-60-26-24-54/h11-12,28-32,34,38-39,41-42H,5-10,13-27H2,1-4H3,(H,48,50)(H,49,51)(H,52,59). The molecule has 3 aliphatic carbocycles. The zero-order valence-electron chi connectivity index (χ0n) is 36.6. The number of urea groups is 1. The maximum atomic E-state index is 14.1. The lowest BCUT2D eigenvalue weighted by Gasteiger charge is -2.45. The van der Waals surface area contributed by atoms with Crippen molar-refractivity contribution < 1.29 is 19.1 Å². The molecule has 0 aromatic carbocycles. The molecule has 1 spiro atoms. The monoisotopic (exact) mass is 824 g/mol. The molecule has 4 saturated heterocycles. The van der Waals surface area contributed by atoms with Crippen molar-refractivity contribution in [2.75, 3.05) is 52.5 Å². The van der Waals surface area contributed by atoms with Gasteiger partial charge in [0.2, 0.25) is 11.8 Å². The van der Waals surface area contributed by atoms with Crippen molar-refractivity contribution in [1.82, 2.24) is 44.9 Å². The fourth-order valence-electron chi connectivity index (χ4n) is 12.3. The predicted octanol–water partition coefficient (Wildman–Crippen LogP) is 7.32. The normalized spacial score (nSPS) is 27.6. The molecule has 60 heavy (non-hydrogen) atoms. The number of allylic oxidation sites excluding steroid dienone is 4. The SMILES string of the molecule is CC(C)CC(=O)N1CCCC1c1ncc(C2=CC=C(N3CCC(c4cnc(C5CCCN5C(=O)C(NC(=O)N5CCOCC5)C(C)C)[nH]4)CC3)C3C2CCC32CCCC2)[nH]1. The van der Waals surface area contributed by atoms with Crippen LogP contribution in [0.25, 0.3) is 5.57 Å². The summed E-state index contributed by atoms with van der Waals surface area (Å²) in [5.41, 5.74) is 5.65. The van der Waals surface area contributed by atoms with Gasteiger partial charge in [-0.3, -0.25) is 9.59 Å². The van der Waals surface area contributed by atoms with E-state index in [0.717, 1.165) is 75.5 Å². The van der Waals surface area contributed by atoms with Crippen LogP contribution in [0.4, 0.5) is 4.79 Å². The lowest BCUT2D eigenvalue weighted by atomic mass is 9.68. The van der Waals surface area contributed by atoms with Crippen molar-refractivity contribution in [3.8, 4) is 0 Å². The van der Waals surface area contributed by atoms with Gasteiger partial charge in [0.25, 0.3) is 0 Å². The predicted molar refractivity (Wildman–Crippen MR) is 230 cm³/mol. The first-order valence-corrected chi connectivity index (χ1v) is 23.6. The number of rotatable bonds is 10. The van der Waals surface area contributed by atoms with Crippen molar-refractivity contribution in [3.63, 3.8) is 0 Å². The fourth-order valence-corrected chi connectivity index (χ4v) is 12.3. The number of carbonyl (C=O) groups excluding carboxylic acids is 3. The highest BCUT2D eigenvalue weighted by Crippen LogP contribution is 2.63. The Hall–Kier alpha value is -4.13. The summed E-state index contributed by atoms with van der Waals surface area (Å²) in [6, 6.07) is -0.845. The topological polar surface area (TPSA) is 143 Å². The molecule has 6 fully saturated rings. The number of hydrogen-bond acceptors (Lipinski definition) is 7. The Bertz CT molecular complexity index is 1930. The summed E-state index contributed by atoms with van der Waals surface area (Å²) in [7, 11) is 0. The molecular formula is C47H69N9O4.